The molecule has 0 spiro atoms. The van der Waals surface area contributed by atoms with Gasteiger partial charge in [-0.15, -0.1) is 0 Å². The molecule has 2 aliphatic heterocycles. The molecular formula is C47H54N6O8. The van der Waals surface area contributed by atoms with Crippen LogP contribution < -0.4 is 21.3 Å². The van der Waals surface area contributed by atoms with Crippen molar-refractivity contribution in [2.45, 2.75) is 88.4 Å². The van der Waals surface area contributed by atoms with Gasteiger partial charge in [0.05, 0.1) is 7.11 Å². The number of aliphatic hydroxyl groups excluding tert-OH is 1. The molecule has 7 rings (SSSR count). The third kappa shape index (κ3) is 8.61. The van der Waals surface area contributed by atoms with Gasteiger partial charge < -0.3 is 40.3 Å². The topological polar surface area (TPSA) is 179 Å². The summed E-state index contributed by atoms with van der Waals surface area (Å²) in [7, 11) is 2.57. The van der Waals surface area contributed by atoms with Crippen molar-refractivity contribution < 1.29 is 38.6 Å². The molecule has 1 unspecified atom stereocenters. The third-order valence-electron chi connectivity index (χ3n) is 12.5. The highest BCUT2D eigenvalue weighted by Crippen LogP contribution is 2.54. The molecule has 320 valence electrons. The van der Waals surface area contributed by atoms with Gasteiger partial charge in [0.2, 0.25) is 24.1 Å². The molecule has 61 heavy (non-hydrogen) atoms. The summed E-state index contributed by atoms with van der Waals surface area (Å²) in [6, 6.07) is 26.4. The van der Waals surface area contributed by atoms with Crippen molar-refractivity contribution in [3.63, 3.8) is 0 Å². The average molecular weight is 831 g/mol. The molecule has 14 heteroatoms. The molecule has 0 saturated carbocycles. The Labute approximate surface area is 356 Å². The molecule has 5 amide bonds. The smallest absolute Gasteiger partial charge is 0.407 e. The van der Waals surface area contributed by atoms with Crippen molar-refractivity contribution in [2.75, 3.05) is 37.9 Å². The molecule has 2 heterocycles. The number of anilines is 2. The molecule has 2 saturated heterocycles. The van der Waals surface area contributed by atoms with E-state index in [0.717, 1.165) is 35.1 Å². The molecule has 14 nitrogen and oxygen atoms in total. The van der Waals surface area contributed by atoms with Gasteiger partial charge >= 0.3 is 6.09 Å². The number of amides is 5. The second kappa shape index (κ2) is 18.7. The normalized spacial score (nSPS) is 19.0. The van der Waals surface area contributed by atoms with Crippen molar-refractivity contribution in [1.29, 1.82) is 0 Å². The number of rotatable bonds is 14. The van der Waals surface area contributed by atoms with Crippen molar-refractivity contribution >= 4 is 41.1 Å². The highest BCUT2D eigenvalue weighted by Gasteiger charge is 2.43. The lowest BCUT2D eigenvalue weighted by molar-refractivity contribution is -0.145. The summed E-state index contributed by atoms with van der Waals surface area (Å²) in [5.41, 5.74) is 6.23. The van der Waals surface area contributed by atoms with E-state index in [2.05, 4.69) is 35.1 Å². The Hall–Kier alpha value is -6.09. The van der Waals surface area contributed by atoms with E-state index in [1.54, 1.807) is 41.3 Å². The van der Waals surface area contributed by atoms with Crippen LogP contribution in [0.25, 0.3) is 11.1 Å². The minimum Gasteiger partial charge on any atom is -0.453 e. The number of methoxy groups -OCH3 is 2. The Balaban J connectivity index is 1.08. The summed E-state index contributed by atoms with van der Waals surface area (Å²) in [6.07, 6.45) is 1.64. The first kappa shape index (κ1) is 43.0. The average Bonchev–Trinajstić information content (AvgIpc) is 4.05. The third-order valence-corrected chi connectivity index (χ3v) is 12.5. The highest BCUT2D eigenvalue weighted by molar-refractivity contribution is 6.01. The van der Waals surface area contributed by atoms with Gasteiger partial charge in [0.1, 0.15) is 24.2 Å². The second-order valence-electron chi connectivity index (χ2n) is 15.7. The zero-order chi connectivity index (χ0) is 43.3. The maximum atomic E-state index is 14.0. The van der Waals surface area contributed by atoms with Crippen LogP contribution in [0.4, 0.5) is 16.2 Å². The quantitative estimate of drug-likeness (QED) is 0.0957. The van der Waals surface area contributed by atoms with E-state index in [4.69, 9.17) is 9.47 Å². The number of hydrogen-bond donors (Lipinski definition) is 5. The van der Waals surface area contributed by atoms with Gasteiger partial charge in [-0.25, -0.2) is 4.79 Å². The SMILES string of the molecule is CCC1(CC)c2cc(NC(=O)[C@@H]3CCCN3C(=O)[C@H](NC(=O)OC)c3ccccc3)ccc2-c2ccc(NC(=O)[C@@H]3CCCN3C(=O)[C@H](NC(O)OC)c3ccccc3)cc21. The standard InChI is InChI=1S/C47H54N6O8/c1-5-47(6-2)35-27-31(48-41(54)37-19-13-25-52(37)43(56)39(50-45(58)60-3)29-15-9-7-10-16-29)21-23-33(35)34-24-22-32(28-36(34)47)49-42(55)38-20-14-26-53(38)44(57)40(51-46(59)61-4)30-17-11-8-12-18-30/h7-12,15-18,21-24,27-28,37-40,45,50,58H,5-6,13-14,19-20,25-26H2,1-4H3,(H,48,54)(H,49,55)(H,51,59)/t37-,38-,39+,40+,45?/m0/s1. The predicted molar refractivity (Wildman–Crippen MR) is 230 cm³/mol. The summed E-state index contributed by atoms with van der Waals surface area (Å²) in [4.78, 5) is 71.3. The van der Waals surface area contributed by atoms with Crippen molar-refractivity contribution in [3.05, 3.63) is 119 Å². The lowest BCUT2D eigenvalue weighted by Crippen LogP contribution is -2.49. The lowest BCUT2D eigenvalue weighted by atomic mass is 9.73. The van der Waals surface area contributed by atoms with Crippen molar-refractivity contribution in [2.24, 2.45) is 0 Å². The highest BCUT2D eigenvalue weighted by atomic mass is 16.6. The van der Waals surface area contributed by atoms with Crippen LogP contribution in [0.15, 0.2) is 97.1 Å². The van der Waals surface area contributed by atoms with Crippen LogP contribution in [-0.2, 0) is 34.1 Å². The maximum Gasteiger partial charge on any atom is 0.407 e. The van der Waals surface area contributed by atoms with Crippen LogP contribution in [0.5, 0.6) is 0 Å². The Kier molecular flexibility index (Phi) is 13.2. The van der Waals surface area contributed by atoms with Gasteiger partial charge in [-0.2, -0.15) is 0 Å². The van der Waals surface area contributed by atoms with Gasteiger partial charge in [0, 0.05) is 37.0 Å². The lowest BCUT2D eigenvalue weighted by Gasteiger charge is -2.31. The van der Waals surface area contributed by atoms with E-state index < -0.39 is 42.1 Å². The number of ether oxygens (including phenoxy) is 2. The molecule has 2 fully saturated rings. The van der Waals surface area contributed by atoms with Gasteiger partial charge in [-0.3, -0.25) is 24.5 Å². The number of carbonyl (C=O) groups is 5. The number of nitrogens with one attached hydrogen (secondary N) is 4. The largest absolute Gasteiger partial charge is 0.453 e. The van der Waals surface area contributed by atoms with Crippen LogP contribution in [-0.4, -0.2) is 90.4 Å². The number of aliphatic hydroxyl groups is 1. The van der Waals surface area contributed by atoms with Gasteiger partial charge in [0.15, 0.2) is 0 Å². The molecule has 1 aliphatic carbocycles. The zero-order valence-corrected chi connectivity index (χ0v) is 35.0. The minimum atomic E-state index is -1.38. The van der Waals surface area contributed by atoms with Crippen LogP contribution >= 0.6 is 0 Å². The van der Waals surface area contributed by atoms with Gasteiger partial charge in [0.25, 0.3) is 5.91 Å². The molecule has 0 radical (unpaired) electrons. The first-order valence-corrected chi connectivity index (χ1v) is 21.0. The number of benzene rings is 4. The molecule has 0 bridgehead atoms. The molecule has 0 aromatic heterocycles. The van der Waals surface area contributed by atoms with Crippen LogP contribution in [0.2, 0.25) is 0 Å². The number of fused-ring (bicyclic) bond motifs is 3. The maximum absolute atomic E-state index is 14.0. The first-order chi connectivity index (χ1) is 29.5. The Morgan fingerprint density at radius 1 is 0.689 bits per heavy atom. The second-order valence-corrected chi connectivity index (χ2v) is 15.7. The Morgan fingerprint density at radius 2 is 1.15 bits per heavy atom. The predicted octanol–water partition coefficient (Wildman–Crippen LogP) is 5.98. The summed E-state index contributed by atoms with van der Waals surface area (Å²) < 4.78 is 9.81. The fourth-order valence-electron chi connectivity index (χ4n) is 9.33. The summed E-state index contributed by atoms with van der Waals surface area (Å²) in [5, 5.41) is 21.9. The number of hydrogen-bond acceptors (Lipinski definition) is 9. The van der Waals surface area contributed by atoms with E-state index in [9.17, 15) is 29.1 Å². The number of alkyl carbamates (subject to hydrolysis) is 1. The molecule has 4 aromatic carbocycles. The van der Waals surface area contributed by atoms with E-state index in [1.165, 1.54) is 19.1 Å². The van der Waals surface area contributed by atoms with Crippen molar-refractivity contribution in [1.82, 2.24) is 20.4 Å². The molecule has 5 atom stereocenters. The summed E-state index contributed by atoms with van der Waals surface area (Å²) in [5.74, 6) is -1.32. The van der Waals surface area contributed by atoms with Gasteiger partial charge in [-0.05, 0) is 96.2 Å². The summed E-state index contributed by atoms with van der Waals surface area (Å²) >= 11 is 0. The zero-order valence-electron chi connectivity index (χ0n) is 35.0. The molecule has 4 aromatic rings. The molecule has 5 N–H and O–H groups in total. The minimum absolute atomic E-state index is 0.292. The monoisotopic (exact) mass is 830 g/mol. The van der Waals surface area contributed by atoms with Crippen LogP contribution in [0.1, 0.15) is 86.7 Å². The fourth-order valence-corrected chi connectivity index (χ4v) is 9.33. The van der Waals surface area contributed by atoms with Crippen LogP contribution in [0, 0.1) is 0 Å². The Morgan fingerprint density at radius 3 is 1.59 bits per heavy atom. The van der Waals surface area contributed by atoms with E-state index in [0.29, 0.717) is 61.3 Å². The van der Waals surface area contributed by atoms with E-state index in [-0.39, 0.29) is 23.6 Å². The number of nitrogens with zero attached hydrogens (tertiary/aromatic N) is 2. The molecule has 3 aliphatic rings. The summed E-state index contributed by atoms with van der Waals surface area (Å²) in [6.45, 7) is 5.03. The number of likely N-dealkylation sites (tertiary alicyclic amines) is 2. The number of carbonyl (C=O) groups excluding carboxylic acids is 5. The fraction of sp³-hybridized carbons (Fsp3) is 0.383. The Bertz CT molecular complexity index is 2250. The van der Waals surface area contributed by atoms with Crippen molar-refractivity contribution in [3.8, 4) is 11.1 Å². The van der Waals surface area contributed by atoms with E-state index >= 15 is 0 Å². The first-order valence-electron chi connectivity index (χ1n) is 21.0. The van der Waals surface area contributed by atoms with E-state index in [1.807, 2.05) is 60.7 Å². The van der Waals surface area contributed by atoms with Crippen LogP contribution in [0.3, 0.4) is 0 Å². The van der Waals surface area contributed by atoms with Gasteiger partial charge in [-0.1, -0.05) is 86.6 Å². The molecular weight excluding hydrogens is 777 g/mol.